The molecule has 0 amide bonds. The van der Waals surface area contributed by atoms with Crippen molar-refractivity contribution in [2.45, 2.75) is 51.7 Å². The summed E-state index contributed by atoms with van der Waals surface area (Å²) in [5, 5.41) is 0. The standard InChI is InChI=1S/C20H22O3/c1-19(2)11-13-7-5-9-15(17(13)22-19)21-16-10-6-8-14-12-20(3,4)23-18(14)16/h5-10H,11-12H2,1-4H3. The van der Waals surface area contributed by atoms with Gasteiger partial charge >= 0.3 is 0 Å². The molecule has 0 spiro atoms. The zero-order chi connectivity index (χ0) is 16.2. The third-order valence-corrected chi connectivity index (χ3v) is 4.33. The molecule has 0 saturated heterocycles. The number of fused-ring (bicyclic) bond motifs is 2. The number of para-hydroxylation sites is 2. The fraction of sp³-hybridized carbons (Fsp3) is 0.400. The van der Waals surface area contributed by atoms with Crippen LogP contribution in [0.25, 0.3) is 0 Å². The molecule has 0 bridgehead atoms. The SMILES string of the molecule is CC1(C)Cc2cccc(Oc3cccc4c3OC(C)(C)C4)c2O1. The van der Waals surface area contributed by atoms with E-state index in [0.29, 0.717) is 0 Å². The molecule has 2 aromatic rings. The molecule has 23 heavy (non-hydrogen) atoms. The van der Waals surface area contributed by atoms with Gasteiger partial charge in [0, 0.05) is 24.0 Å². The van der Waals surface area contributed by atoms with Gasteiger partial charge in [-0.15, -0.1) is 0 Å². The van der Waals surface area contributed by atoms with E-state index in [9.17, 15) is 0 Å². The van der Waals surface area contributed by atoms with E-state index >= 15 is 0 Å². The Balaban J connectivity index is 1.70. The first-order chi connectivity index (χ1) is 10.8. The maximum atomic E-state index is 6.20. The van der Waals surface area contributed by atoms with Gasteiger partial charge in [0.05, 0.1) is 0 Å². The van der Waals surface area contributed by atoms with Crippen molar-refractivity contribution < 1.29 is 14.2 Å². The molecule has 0 saturated carbocycles. The van der Waals surface area contributed by atoms with Gasteiger partial charge < -0.3 is 14.2 Å². The second kappa shape index (κ2) is 4.67. The zero-order valence-corrected chi connectivity index (χ0v) is 14.1. The summed E-state index contributed by atoms with van der Waals surface area (Å²) in [4.78, 5) is 0. The molecule has 0 aromatic heterocycles. The topological polar surface area (TPSA) is 27.7 Å². The Morgan fingerprint density at radius 2 is 1.17 bits per heavy atom. The summed E-state index contributed by atoms with van der Waals surface area (Å²) in [5.41, 5.74) is 2.03. The molecule has 0 atom stereocenters. The summed E-state index contributed by atoms with van der Waals surface area (Å²) < 4.78 is 18.4. The van der Waals surface area contributed by atoms with Crippen LogP contribution >= 0.6 is 0 Å². The summed E-state index contributed by atoms with van der Waals surface area (Å²) in [6.45, 7) is 8.40. The highest BCUT2D eigenvalue weighted by molar-refractivity contribution is 5.56. The van der Waals surface area contributed by atoms with Gasteiger partial charge in [0.25, 0.3) is 0 Å². The van der Waals surface area contributed by atoms with Crippen LogP contribution in [-0.2, 0) is 12.8 Å². The summed E-state index contributed by atoms with van der Waals surface area (Å²) in [6.07, 6.45) is 1.80. The van der Waals surface area contributed by atoms with Gasteiger partial charge in [0.2, 0.25) is 0 Å². The number of rotatable bonds is 2. The highest BCUT2D eigenvalue weighted by Crippen LogP contribution is 2.47. The van der Waals surface area contributed by atoms with E-state index < -0.39 is 0 Å². The van der Waals surface area contributed by atoms with Gasteiger partial charge in [0.15, 0.2) is 23.0 Å². The predicted octanol–water partition coefficient (Wildman–Crippen LogP) is 4.91. The number of benzene rings is 2. The molecule has 3 heteroatoms. The number of hydrogen-bond donors (Lipinski definition) is 0. The van der Waals surface area contributed by atoms with E-state index in [1.165, 1.54) is 11.1 Å². The van der Waals surface area contributed by atoms with Crippen LogP contribution in [0.15, 0.2) is 36.4 Å². The van der Waals surface area contributed by atoms with E-state index in [2.05, 4.69) is 39.8 Å². The molecule has 2 heterocycles. The lowest BCUT2D eigenvalue weighted by molar-refractivity contribution is 0.131. The van der Waals surface area contributed by atoms with E-state index in [-0.39, 0.29) is 11.2 Å². The van der Waals surface area contributed by atoms with Gasteiger partial charge in [-0.25, -0.2) is 0 Å². The molecule has 3 nitrogen and oxygen atoms in total. The Morgan fingerprint density at radius 3 is 1.61 bits per heavy atom. The predicted molar refractivity (Wildman–Crippen MR) is 89.8 cm³/mol. The van der Waals surface area contributed by atoms with E-state index in [1.807, 2.05) is 24.3 Å². The van der Waals surface area contributed by atoms with Crippen molar-refractivity contribution in [2.24, 2.45) is 0 Å². The molecule has 2 aliphatic heterocycles. The van der Waals surface area contributed by atoms with Crippen molar-refractivity contribution in [2.75, 3.05) is 0 Å². The van der Waals surface area contributed by atoms with Crippen LogP contribution in [-0.4, -0.2) is 11.2 Å². The van der Waals surface area contributed by atoms with E-state index in [4.69, 9.17) is 14.2 Å². The lowest BCUT2D eigenvalue weighted by Gasteiger charge is -2.20. The van der Waals surface area contributed by atoms with Crippen molar-refractivity contribution in [1.29, 1.82) is 0 Å². The fourth-order valence-electron chi connectivity index (χ4n) is 3.45. The van der Waals surface area contributed by atoms with Crippen molar-refractivity contribution in [1.82, 2.24) is 0 Å². The summed E-state index contributed by atoms with van der Waals surface area (Å²) in [5.74, 6) is 3.23. The minimum atomic E-state index is -0.182. The normalized spacial score (nSPS) is 19.5. The van der Waals surface area contributed by atoms with Crippen LogP contribution in [0.3, 0.4) is 0 Å². The van der Waals surface area contributed by atoms with Crippen LogP contribution in [0.1, 0.15) is 38.8 Å². The van der Waals surface area contributed by atoms with Crippen LogP contribution < -0.4 is 14.2 Å². The zero-order valence-electron chi connectivity index (χ0n) is 14.1. The van der Waals surface area contributed by atoms with Crippen LogP contribution in [0.2, 0.25) is 0 Å². The van der Waals surface area contributed by atoms with E-state index in [0.717, 1.165) is 35.8 Å². The van der Waals surface area contributed by atoms with Crippen LogP contribution in [0, 0.1) is 0 Å². The highest BCUT2D eigenvalue weighted by Gasteiger charge is 2.34. The number of hydrogen-bond acceptors (Lipinski definition) is 3. The van der Waals surface area contributed by atoms with Crippen molar-refractivity contribution >= 4 is 0 Å². The largest absolute Gasteiger partial charge is 0.483 e. The minimum Gasteiger partial charge on any atom is -0.483 e. The van der Waals surface area contributed by atoms with Gasteiger partial charge in [-0.3, -0.25) is 0 Å². The van der Waals surface area contributed by atoms with Gasteiger partial charge in [-0.05, 0) is 39.8 Å². The Kier molecular flexibility index (Phi) is 2.93. The molecule has 120 valence electrons. The van der Waals surface area contributed by atoms with Crippen LogP contribution in [0.5, 0.6) is 23.0 Å². The first-order valence-electron chi connectivity index (χ1n) is 8.13. The quantitative estimate of drug-likeness (QED) is 0.789. The Hall–Kier alpha value is -2.16. The second-order valence-corrected chi connectivity index (χ2v) is 7.67. The molecule has 2 aliphatic rings. The van der Waals surface area contributed by atoms with Gasteiger partial charge in [-0.2, -0.15) is 0 Å². The van der Waals surface area contributed by atoms with Gasteiger partial charge in [0.1, 0.15) is 11.2 Å². The monoisotopic (exact) mass is 310 g/mol. The van der Waals surface area contributed by atoms with Crippen molar-refractivity contribution in [3.8, 4) is 23.0 Å². The molecule has 0 fully saturated rings. The van der Waals surface area contributed by atoms with E-state index in [1.54, 1.807) is 0 Å². The third kappa shape index (κ3) is 2.54. The van der Waals surface area contributed by atoms with Crippen molar-refractivity contribution in [3.05, 3.63) is 47.5 Å². The maximum Gasteiger partial charge on any atom is 0.169 e. The third-order valence-electron chi connectivity index (χ3n) is 4.33. The Bertz CT molecular complexity index is 709. The summed E-state index contributed by atoms with van der Waals surface area (Å²) >= 11 is 0. The number of ether oxygens (including phenoxy) is 3. The van der Waals surface area contributed by atoms with Crippen LogP contribution in [0.4, 0.5) is 0 Å². The maximum absolute atomic E-state index is 6.20. The smallest absolute Gasteiger partial charge is 0.169 e. The molecule has 0 unspecified atom stereocenters. The first kappa shape index (κ1) is 14.4. The molecular weight excluding hydrogens is 288 g/mol. The molecule has 0 radical (unpaired) electrons. The lowest BCUT2D eigenvalue weighted by Crippen LogP contribution is -2.24. The molecule has 2 aromatic carbocycles. The molecular formula is C20H22O3. The Labute approximate surface area is 137 Å². The van der Waals surface area contributed by atoms with Gasteiger partial charge in [-0.1, -0.05) is 24.3 Å². The molecule has 0 aliphatic carbocycles. The lowest BCUT2D eigenvalue weighted by atomic mass is 10.0. The highest BCUT2D eigenvalue weighted by atomic mass is 16.6. The fourth-order valence-corrected chi connectivity index (χ4v) is 3.45. The Morgan fingerprint density at radius 1 is 0.739 bits per heavy atom. The average Bonchev–Trinajstić information content (AvgIpc) is 2.93. The summed E-state index contributed by atoms with van der Waals surface area (Å²) in [6, 6.07) is 12.2. The van der Waals surface area contributed by atoms with Crippen molar-refractivity contribution in [3.63, 3.8) is 0 Å². The summed E-state index contributed by atoms with van der Waals surface area (Å²) in [7, 11) is 0. The minimum absolute atomic E-state index is 0.182. The first-order valence-corrected chi connectivity index (χ1v) is 8.13. The molecule has 4 rings (SSSR count). The second-order valence-electron chi connectivity index (χ2n) is 7.67. The molecule has 0 N–H and O–H groups in total. The average molecular weight is 310 g/mol.